The minimum absolute atomic E-state index is 0.0323. The summed E-state index contributed by atoms with van der Waals surface area (Å²) in [5.74, 6) is -0.656. The molecule has 0 atom stereocenters. The van der Waals surface area contributed by atoms with E-state index >= 15 is 0 Å². The normalized spacial score (nSPS) is 9.79. The molecule has 0 aliphatic carbocycles. The van der Waals surface area contributed by atoms with Gasteiger partial charge >= 0.3 is 0 Å². The number of phenols is 1. The van der Waals surface area contributed by atoms with Crippen LogP contribution in [0.4, 0.5) is 0 Å². The second-order valence-electron chi connectivity index (χ2n) is 4.45. The summed E-state index contributed by atoms with van der Waals surface area (Å²) in [6.45, 7) is 4.51. The number of guanidine groups is 1. The second-order valence-corrected chi connectivity index (χ2v) is 4.45. The maximum Gasteiger partial charge on any atom is 0.261 e. The number of amides is 1. The minimum Gasteiger partial charge on any atom is -0.507 e. The zero-order chi connectivity index (χ0) is 14.4. The van der Waals surface area contributed by atoms with Crippen LogP contribution in [-0.2, 0) is 0 Å². The van der Waals surface area contributed by atoms with Gasteiger partial charge in [-0.05, 0) is 24.1 Å². The molecule has 0 spiro atoms. The minimum atomic E-state index is -0.629. The number of hydrogen-bond acceptors (Lipinski definition) is 4. The quantitative estimate of drug-likeness (QED) is 0.483. The Bertz CT molecular complexity index is 532. The summed E-state index contributed by atoms with van der Waals surface area (Å²) in [4.78, 5) is 11.8. The topological polar surface area (TPSA) is 109 Å². The van der Waals surface area contributed by atoms with Gasteiger partial charge in [0.25, 0.3) is 5.91 Å². The van der Waals surface area contributed by atoms with Crippen molar-refractivity contribution in [1.29, 1.82) is 10.7 Å². The van der Waals surface area contributed by atoms with E-state index < -0.39 is 5.91 Å². The number of carbonyl (C=O) groups is 1. The van der Waals surface area contributed by atoms with Gasteiger partial charge in [-0.1, -0.05) is 13.8 Å². The standard InChI is InChI=1S/C13H16N4O2/c1-8(2)7-16-13(15)17-12(19)10-5-9(6-14)3-4-11(10)18/h3-5,8,18H,7H2,1-2H3,(H3,15,16,17,19). The van der Waals surface area contributed by atoms with Crippen molar-refractivity contribution < 1.29 is 9.90 Å². The SMILES string of the molecule is CC(C)CNC(=N)NC(=O)c1cc(C#N)ccc1O. The van der Waals surface area contributed by atoms with Crippen molar-refractivity contribution in [3.63, 3.8) is 0 Å². The number of hydrogen-bond donors (Lipinski definition) is 4. The smallest absolute Gasteiger partial charge is 0.261 e. The Morgan fingerprint density at radius 1 is 1.53 bits per heavy atom. The molecule has 0 saturated carbocycles. The molecule has 0 radical (unpaired) electrons. The van der Waals surface area contributed by atoms with E-state index in [1.807, 2.05) is 19.9 Å². The summed E-state index contributed by atoms with van der Waals surface area (Å²) in [5, 5.41) is 30.9. The molecule has 0 fully saturated rings. The number of nitrogens with zero attached hydrogens (tertiary/aromatic N) is 1. The zero-order valence-corrected chi connectivity index (χ0v) is 10.8. The predicted molar refractivity (Wildman–Crippen MR) is 70.9 cm³/mol. The molecule has 6 heteroatoms. The largest absolute Gasteiger partial charge is 0.507 e. The molecule has 0 aliphatic rings. The second kappa shape index (κ2) is 6.40. The molecular weight excluding hydrogens is 244 g/mol. The van der Waals surface area contributed by atoms with Crippen molar-refractivity contribution in [2.75, 3.05) is 6.54 Å². The Morgan fingerprint density at radius 2 is 2.21 bits per heavy atom. The third-order valence-corrected chi connectivity index (χ3v) is 2.30. The lowest BCUT2D eigenvalue weighted by atomic mass is 10.1. The van der Waals surface area contributed by atoms with Crippen LogP contribution in [0.3, 0.4) is 0 Å². The third-order valence-electron chi connectivity index (χ3n) is 2.30. The number of benzene rings is 1. The first kappa shape index (κ1) is 14.5. The van der Waals surface area contributed by atoms with Crippen LogP contribution in [0.1, 0.15) is 29.8 Å². The van der Waals surface area contributed by atoms with Crippen LogP contribution in [0.25, 0.3) is 0 Å². The maximum absolute atomic E-state index is 11.8. The summed E-state index contributed by atoms with van der Waals surface area (Å²) in [5.41, 5.74) is 0.236. The van der Waals surface area contributed by atoms with Crippen LogP contribution < -0.4 is 10.6 Å². The number of carbonyl (C=O) groups excluding carboxylic acids is 1. The van der Waals surface area contributed by atoms with Gasteiger partial charge in [-0.25, -0.2) is 0 Å². The molecule has 0 saturated heterocycles. The highest BCUT2D eigenvalue weighted by molar-refractivity contribution is 6.06. The molecule has 1 amide bonds. The Labute approximate surface area is 111 Å². The Kier molecular flexibility index (Phi) is 4.89. The predicted octanol–water partition coefficient (Wildman–Crippen LogP) is 1.17. The lowest BCUT2D eigenvalue weighted by Gasteiger charge is -2.11. The van der Waals surface area contributed by atoms with E-state index in [1.54, 1.807) is 0 Å². The van der Waals surface area contributed by atoms with Gasteiger partial charge in [-0.15, -0.1) is 0 Å². The monoisotopic (exact) mass is 260 g/mol. The lowest BCUT2D eigenvalue weighted by molar-refractivity contribution is 0.0973. The number of nitrogens with one attached hydrogen (secondary N) is 3. The summed E-state index contributed by atoms with van der Waals surface area (Å²) in [7, 11) is 0. The highest BCUT2D eigenvalue weighted by atomic mass is 16.3. The van der Waals surface area contributed by atoms with E-state index in [-0.39, 0.29) is 22.8 Å². The fourth-order valence-corrected chi connectivity index (χ4v) is 1.32. The van der Waals surface area contributed by atoms with Crippen molar-refractivity contribution in [3.8, 4) is 11.8 Å². The first-order valence-corrected chi connectivity index (χ1v) is 5.81. The van der Waals surface area contributed by atoms with E-state index in [2.05, 4.69) is 10.6 Å². The van der Waals surface area contributed by atoms with Gasteiger partial charge in [0.15, 0.2) is 5.96 Å². The average Bonchev–Trinajstić information content (AvgIpc) is 2.36. The van der Waals surface area contributed by atoms with Gasteiger partial charge < -0.3 is 10.4 Å². The van der Waals surface area contributed by atoms with Crippen molar-refractivity contribution in [1.82, 2.24) is 10.6 Å². The average molecular weight is 260 g/mol. The number of aromatic hydroxyl groups is 1. The van der Waals surface area contributed by atoms with Crippen molar-refractivity contribution >= 4 is 11.9 Å². The number of rotatable bonds is 3. The Balaban J connectivity index is 2.73. The molecule has 0 heterocycles. The van der Waals surface area contributed by atoms with Gasteiger partial charge in [-0.3, -0.25) is 15.5 Å². The van der Waals surface area contributed by atoms with E-state index in [9.17, 15) is 9.90 Å². The molecule has 19 heavy (non-hydrogen) atoms. The molecule has 0 unspecified atom stereocenters. The molecular formula is C13H16N4O2. The van der Waals surface area contributed by atoms with Crippen LogP contribution in [0.15, 0.2) is 18.2 Å². The van der Waals surface area contributed by atoms with E-state index in [0.29, 0.717) is 12.5 Å². The van der Waals surface area contributed by atoms with Gasteiger partial charge in [0.2, 0.25) is 0 Å². The number of phenolic OH excluding ortho intramolecular Hbond substituents is 1. The first-order chi connectivity index (χ1) is 8.93. The van der Waals surface area contributed by atoms with Crippen LogP contribution in [0, 0.1) is 22.7 Å². The summed E-state index contributed by atoms with van der Waals surface area (Å²) in [6.07, 6.45) is 0. The van der Waals surface area contributed by atoms with E-state index in [0.717, 1.165) is 0 Å². The van der Waals surface area contributed by atoms with Gasteiger partial charge in [0.05, 0.1) is 17.2 Å². The molecule has 6 nitrogen and oxygen atoms in total. The van der Waals surface area contributed by atoms with Gasteiger partial charge in [-0.2, -0.15) is 5.26 Å². The van der Waals surface area contributed by atoms with E-state index in [1.165, 1.54) is 18.2 Å². The van der Waals surface area contributed by atoms with E-state index in [4.69, 9.17) is 10.7 Å². The molecule has 1 aromatic carbocycles. The van der Waals surface area contributed by atoms with Crippen molar-refractivity contribution in [2.24, 2.45) is 5.92 Å². The summed E-state index contributed by atoms with van der Waals surface area (Å²) < 4.78 is 0. The highest BCUT2D eigenvalue weighted by Crippen LogP contribution is 2.17. The Morgan fingerprint density at radius 3 is 2.79 bits per heavy atom. The Hall–Kier alpha value is -2.55. The molecule has 1 rings (SSSR count). The van der Waals surface area contributed by atoms with Crippen molar-refractivity contribution in [3.05, 3.63) is 29.3 Å². The summed E-state index contributed by atoms with van der Waals surface area (Å²) in [6, 6.07) is 5.85. The highest BCUT2D eigenvalue weighted by Gasteiger charge is 2.13. The molecule has 0 aliphatic heterocycles. The molecule has 4 N–H and O–H groups in total. The first-order valence-electron chi connectivity index (χ1n) is 5.81. The molecule has 0 bridgehead atoms. The van der Waals surface area contributed by atoms with Gasteiger partial charge in [0.1, 0.15) is 5.75 Å². The zero-order valence-electron chi connectivity index (χ0n) is 10.8. The van der Waals surface area contributed by atoms with Crippen LogP contribution in [0.2, 0.25) is 0 Å². The van der Waals surface area contributed by atoms with Crippen LogP contribution in [-0.4, -0.2) is 23.5 Å². The lowest BCUT2D eigenvalue weighted by Crippen LogP contribution is -2.41. The fourth-order valence-electron chi connectivity index (χ4n) is 1.32. The fraction of sp³-hybridized carbons (Fsp3) is 0.308. The molecule has 0 aromatic heterocycles. The molecule has 1 aromatic rings. The van der Waals surface area contributed by atoms with Crippen molar-refractivity contribution in [2.45, 2.75) is 13.8 Å². The van der Waals surface area contributed by atoms with Crippen LogP contribution >= 0.6 is 0 Å². The van der Waals surface area contributed by atoms with Gasteiger partial charge in [0, 0.05) is 6.54 Å². The number of nitriles is 1. The summed E-state index contributed by atoms with van der Waals surface area (Å²) >= 11 is 0. The third kappa shape index (κ3) is 4.32. The molecule has 100 valence electrons. The maximum atomic E-state index is 11.8. The van der Waals surface area contributed by atoms with Crippen LogP contribution in [0.5, 0.6) is 5.75 Å².